The fraction of sp³-hybridized carbons (Fsp3) is 0.844. The average molecular weight is 766 g/mol. The highest BCUT2D eigenvalue weighted by Crippen LogP contribution is 2.22. The lowest BCUT2D eigenvalue weighted by molar-refractivity contribution is -0.302. The summed E-state index contributed by atoms with van der Waals surface area (Å²) in [6, 6.07) is -0.817. The molecule has 0 aromatic rings. The Morgan fingerprint density at radius 1 is 0.611 bits per heavy atom. The lowest BCUT2D eigenvalue weighted by Crippen LogP contribution is -2.60. The summed E-state index contributed by atoms with van der Waals surface area (Å²) in [5.41, 5.74) is 0. The van der Waals surface area contributed by atoms with E-state index in [9.17, 15) is 30.3 Å². The Morgan fingerprint density at radius 2 is 1.07 bits per heavy atom. The van der Waals surface area contributed by atoms with Gasteiger partial charge in [0.1, 0.15) is 24.4 Å². The Morgan fingerprint density at radius 3 is 1.61 bits per heavy atom. The molecule has 1 saturated heterocycles. The molecule has 0 aromatic carbocycles. The molecule has 1 rings (SSSR count). The number of nitrogens with one attached hydrogen (secondary N) is 1. The summed E-state index contributed by atoms with van der Waals surface area (Å²) in [4.78, 5) is 12.9. The summed E-state index contributed by atoms with van der Waals surface area (Å²) in [7, 11) is 0. The van der Waals surface area contributed by atoms with Gasteiger partial charge in [-0.2, -0.15) is 0 Å². The number of amides is 1. The van der Waals surface area contributed by atoms with Crippen molar-refractivity contribution >= 4 is 5.91 Å². The van der Waals surface area contributed by atoms with Crippen molar-refractivity contribution < 1.29 is 39.8 Å². The van der Waals surface area contributed by atoms with E-state index in [1.165, 1.54) is 122 Å². The van der Waals surface area contributed by atoms with Crippen LogP contribution in [0.15, 0.2) is 36.5 Å². The second-order valence-corrected chi connectivity index (χ2v) is 15.5. The highest BCUT2D eigenvalue weighted by atomic mass is 16.7. The van der Waals surface area contributed by atoms with E-state index in [0.717, 1.165) is 44.9 Å². The number of aliphatic hydroxyl groups excluding tert-OH is 5. The number of carbonyl (C=O) groups excluding carboxylic acids is 1. The Bertz CT molecular complexity index is 941. The molecule has 0 radical (unpaired) electrons. The molecule has 7 atom stereocenters. The SMILES string of the molecule is CCCC/C=C/CC/C=C/C(O)C(COC1OC(CO)C(O)C(O)C1O)NC(=O)CCCCCCCCCCCCC/C=C\CCCCCCCCCC. The minimum absolute atomic E-state index is 0.192. The third kappa shape index (κ3) is 26.3. The van der Waals surface area contributed by atoms with Crippen molar-refractivity contribution in [2.24, 2.45) is 0 Å². The van der Waals surface area contributed by atoms with Gasteiger partial charge in [-0.05, 0) is 51.4 Å². The standard InChI is InChI=1S/C45H83NO8/c1-3-5-7-9-11-13-14-15-16-17-18-19-20-21-22-23-24-25-26-27-29-31-33-35-41(49)46-38(39(48)34-32-30-28-12-10-8-6-4-2)37-53-45-44(52)43(51)42(50)40(36-47)54-45/h10,12,17-18,32,34,38-40,42-45,47-48,50-52H,3-9,11,13-16,19-31,33,35-37H2,1-2H3,(H,46,49)/b12-10+,18-17-,34-32+. The van der Waals surface area contributed by atoms with Gasteiger partial charge in [0.15, 0.2) is 6.29 Å². The summed E-state index contributed by atoms with van der Waals surface area (Å²) in [6.07, 6.45) is 36.5. The van der Waals surface area contributed by atoms with Crippen molar-refractivity contribution in [1.29, 1.82) is 0 Å². The van der Waals surface area contributed by atoms with E-state index in [0.29, 0.717) is 6.42 Å². The van der Waals surface area contributed by atoms with Gasteiger partial charge in [0.05, 0.1) is 25.4 Å². The van der Waals surface area contributed by atoms with E-state index < -0.39 is 49.5 Å². The Labute approximate surface area is 330 Å². The molecule has 54 heavy (non-hydrogen) atoms. The van der Waals surface area contributed by atoms with Gasteiger partial charge in [0, 0.05) is 6.42 Å². The van der Waals surface area contributed by atoms with Gasteiger partial charge in [-0.3, -0.25) is 4.79 Å². The summed E-state index contributed by atoms with van der Waals surface area (Å²) < 4.78 is 11.1. The number of hydrogen-bond acceptors (Lipinski definition) is 8. The van der Waals surface area contributed by atoms with Gasteiger partial charge in [-0.1, -0.05) is 166 Å². The molecule has 0 aromatic heterocycles. The van der Waals surface area contributed by atoms with Crippen LogP contribution in [0.4, 0.5) is 0 Å². The molecule has 1 heterocycles. The topological polar surface area (TPSA) is 149 Å². The summed E-state index contributed by atoms with van der Waals surface area (Å²) >= 11 is 0. The molecule has 316 valence electrons. The number of hydrogen-bond donors (Lipinski definition) is 6. The third-order valence-electron chi connectivity index (χ3n) is 10.4. The molecule has 0 bridgehead atoms. The van der Waals surface area contributed by atoms with Crippen LogP contribution in [0.25, 0.3) is 0 Å². The monoisotopic (exact) mass is 766 g/mol. The number of ether oxygens (including phenoxy) is 2. The van der Waals surface area contributed by atoms with Crippen molar-refractivity contribution in [2.45, 2.75) is 230 Å². The molecule has 9 nitrogen and oxygen atoms in total. The molecule has 1 aliphatic heterocycles. The first-order valence-corrected chi connectivity index (χ1v) is 22.2. The Kier molecular flexibility index (Phi) is 33.4. The van der Waals surface area contributed by atoms with Crippen LogP contribution in [0.5, 0.6) is 0 Å². The fourth-order valence-corrected chi connectivity index (χ4v) is 6.80. The highest BCUT2D eigenvalue weighted by molar-refractivity contribution is 5.76. The zero-order chi connectivity index (χ0) is 39.5. The van der Waals surface area contributed by atoms with Crippen LogP contribution in [0.3, 0.4) is 0 Å². The zero-order valence-electron chi connectivity index (χ0n) is 34.5. The van der Waals surface area contributed by atoms with Crippen LogP contribution in [-0.4, -0.2) is 87.5 Å². The van der Waals surface area contributed by atoms with Gasteiger partial charge in [0.25, 0.3) is 0 Å². The van der Waals surface area contributed by atoms with Gasteiger partial charge < -0.3 is 40.3 Å². The largest absolute Gasteiger partial charge is 0.394 e. The average Bonchev–Trinajstić information content (AvgIpc) is 3.17. The van der Waals surface area contributed by atoms with Crippen molar-refractivity contribution in [3.8, 4) is 0 Å². The van der Waals surface area contributed by atoms with Crippen LogP contribution < -0.4 is 5.32 Å². The number of allylic oxidation sites excluding steroid dienone is 5. The maximum Gasteiger partial charge on any atom is 0.220 e. The Hall–Kier alpha value is -1.59. The number of unbranched alkanes of at least 4 members (excludes halogenated alkanes) is 22. The first kappa shape index (κ1) is 50.4. The summed E-state index contributed by atoms with van der Waals surface area (Å²) in [5.74, 6) is -0.192. The lowest BCUT2D eigenvalue weighted by atomic mass is 9.99. The molecule has 1 aliphatic rings. The van der Waals surface area contributed by atoms with E-state index in [2.05, 4.69) is 43.5 Å². The highest BCUT2D eigenvalue weighted by Gasteiger charge is 2.44. The van der Waals surface area contributed by atoms with E-state index in [4.69, 9.17) is 9.47 Å². The predicted octanol–water partition coefficient (Wildman–Crippen LogP) is 8.89. The predicted molar refractivity (Wildman–Crippen MR) is 221 cm³/mol. The molecule has 9 heteroatoms. The Balaban J connectivity index is 2.24. The third-order valence-corrected chi connectivity index (χ3v) is 10.4. The summed E-state index contributed by atoms with van der Waals surface area (Å²) in [6.45, 7) is 3.67. The molecular weight excluding hydrogens is 682 g/mol. The van der Waals surface area contributed by atoms with Crippen molar-refractivity contribution in [3.05, 3.63) is 36.5 Å². The van der Waals surface area contributed by atoms with Gasteiger partial charge in [-0.15, -0.1) is 0 Å². The number of aliphatic hydroxyl groups is 5. The van der Waals surface area contributed by atoms with Crippen molar-refractivity contribution in [3.63, 3.8) is 0 Å². The molecule has 1 fully saturated rings. The zero-order valence-corrected chi connectivity index (χ0v) is 34.5. The number of rotatable bonds is 36. The maximum atomic E-state index is 12.9. The van der Waals surface area contributed by atoms with Gasteiger partial charge in [0.2, 0.25) is 5.91 Å². The van der Waals surface area contributed by atoms with Crippen LogP contribution in [0.1, 0.15) is 187 Å². The van der Waals surface area contributed by atoms with Gasteiger partial charge in [-0.25, -0.2) is 0 Å². The molecule has 0 saturated carbocycles. The maximum absolute atomic E-state index is 12.9. The van der Waals surface area contributed by atoms with E-state index in [1.54, 1.807) is 6.08 Å². The quantitative estimate of drug-likeness (QED) is 0.0274. The fourth-order valence-electron chi connectivity index (χ4n) is 6.80. The normalized spacial score (nSPS) is 21.8. The second-order valence-electron chi connectivity index (χ2n) is 15.5. The van der Waals surface area contributed by atoms with Crippen molar-refractivity contribution in [1.82, 2.24) is 5.32 Å². The minimum atomic E-state index is -1.57. The molecule has 0 aliphatic carbocycles. The van der Waals surface area contributed by atoms with Crippen LogP contribution >= 0.6 is 0 Å². The summed E-state index contributed by atoms with van der Waals surface area (Å²) in [5, 5.41) is 53.9. The van der Waals surface area contributed by atoms with E-state index >= 15 is 0 Å². The van der Waals surface area contributed by atoms with Crippen molar-refractivity contribution in [2.75, 3.05) is 13.2 Å². The van der Waals surface area contributed by atoms with Crippen LogP contribution in [-0.2, 0) is 14.3 Å². The number of carbonyl (C=O) groups is 1. The smallest absolute Gasteiger partial charge is 0.220 e. The first-order chi connectivity index (χ1) is 26.3. The lowest BCUT2D eigenvalue weighted by Gasteiger charge is -2.40. The molecule has 6 N–H and O–H groups in total. The van der Waals surface area contributed by atoms with E-state index in [-0.39, 0.29) is 12.5 Å². The second kappa shape index (κ2) is 35.8. The molecule has 0 spiro atoms. The van der Waals surface area contributed by atoms with Crippen LogP contribution in [0.2, 0.25) is 0 Å². The van der Waals surface area contributed by atoms with Crippen LogP contribution in [0, 0.1) is 0 Å². The minimum Gasteiger partial charge on any atom is -0.394 e. The molecular formula is C45H83NO8. The molecule has 1 amide bonds. The first-order valence-electron chi connectivity index (χ1n) is 22.2. The van der Waals surface area contributed by atoms with E-state index in [1.807, 2.05) is 6.08 Å². The van der Waals surface area contributed by atoms with Gasteiger partial charge >= 0.3 is 0 Å². The molecule has 7 unspecified atom stereocenters.